The number of carbonyl (C=O) groups excluding carboxylic acids is 3. The molecule has 0 aliphatic rings. The second kappa shape index (κ2) is 61.1. The van der Waals surface area contributed by atoms with E-state index in [2.05, 4.69) is 106 Å². The van der Waals surface area contributed by atoms with Crippen LogP contribution < -0.4 is 0 Å². The average molecular weight is 1020 g/mol. The molecule has 0 heterocycles. The Hall–Kier alpha value is -3.41. The summed E-state index contributed by atoms with van der Waals surface area (Å²) in [5.41, 5.74) is 0. The van der Waals surface area contributed by atoms with Crippen LogP contribution >= 0.6 is 0 Å². The molecule has 420 valence electrons. The van der Waals surface area contributed by atoms with Crippen molar-refractivity contribution in [2.45, 2.75) is 309 Å². The van der Waals surface area contributed by atoms with E-state index in [9.17, 15) is 14.4 Å². The standard InChI is InChI=1S/C67H116O6/c1-4-7-10-13-16-19-22-25-28-30-31-32-33-34-35-37-39-42-45-48-51-54-57-60-66(69)72-63-64(62-71-65(68)59-56-53-50-47-44-41-38-27-24-21-18-15-12-9-6-3)73-67(70)61-58-55-52-49-46-43-40-36-29-26-23-20-17-14-11-8-5-2/h9,12,18,21-22,25-27,29-31,38,44,47,64H,4-8,10-11,13-17,19-20,23-24,28,32-37,39-43,45-46,48-63H2,1-3H3/b12-9-,21-18-,25-22-,29-26-,31-30-,38-27-,47-44-. The van der Waals surface area contributed by atoms with Crippen LogP contribution in [0.3, 0.4) is 0 Å². The van der Waals surface area contributed by atoms with Gasteiger partial charge in [-0.2, -0.15) is 0 Å². The van der Waals surface area contributed by atoms with Gasteiger partial charge in [-0.15, -0.1) is 0 Å². The lowest BCUT2D eigenvalue weighted by molar-refractivity contribution is -0.167. The van der Waals surface area contributed by atoms with Crippen molar-refractivity contribution in [1.29, 1.82) is 0 Å². The molecule has 0 aromatic carbocycles. The van der Waals surface area contributed by atoms with Gasteiger partial charge in [0.15, 0.2) is 6.10 Å². The number of esters is 3. The normalized spacial score (nSPS) is 12.6. The molecule has 0 saturated heterocycles. The van der Waals surface area contributed by atoms with Gasteiger partial charge >= 0.3 is 17.9 Å². The molecule has 0 spiro atoms. The molecule has 0 bridgehead atoms. The topological polar surface area (TPSA) is 78.9 Å². The molecule has 0 aliphatic carbocycles. The smallest absolute Gasteiger partial charge is 0.306 e. The van der Waals surface area contributed by atoms with Gasteiger partial charge < -0.3 is 14.2 Å². The molecule has 0 rings (SSSR count). The lowest BCUT2D eigenvalue weighted by Crippen LogP contribution is -2.30. The van der Waals surface area contributed by atoms with E-state index in [4.69, 9.17) is 14.2 Å². The summed E-state index contributed by atoms with van der Waals surface area (Å²) >= 11 is 0. The first kappa shape index (κ1) is 69.6. The van der Waals surface area contributed by atoms with Gasteiger partial charge in [0.05, 0.1) is 0 Å². The maximum absolute atomic E-state index is 12.9. The monoisotopic (exact) mass is 1020 g/mol. The highest BCUT2D eigenvalue weighted by molar-refractivity contribution is 5.71. The Kier molecular flexibility index (Phi) is 58.3. The fraction of sp³-hybridized carbons (Fsp3) is 0.746. The Morgan fingerprint density at radius 2 is 0.534 bits per heavy atom. The maximum atomic E-state index is 12.9. The molecule has 1 atom stereocenters. The third-order valence-corrected chi connectivity index (χ3v) is 13.4. The van der Waals surface area contributed by atoms with Gasteiger partial charge in [-0.1, -0.05) is 254 Å². The van der Waals surface area contributed by atoms with E-state index in [1.54, 1.807) is 0 Å². The van der Waals surface area contributed by atoms with Crippen LogP contribution in [0.15, 0.2) is 85.1 Å². The van der Waals surface area contributed by atoms with Crippen LogP contribution in [0.5, 0.6) is 0 Å². The zero-order valence-corrected chi connectivity index (χ0v) is 48.1. The Morgan fingerprint density at radius 1 is 0.288 bits per heavy atom. The zero-order chi connectivity index (χ0) is 52.9. The van der Waals surface area contributed by atoms with E-state index in [0.717, 1.165) is 89.9 Å². The summed E-state index contributed by atoms with van der Waals surface area (Å²) in [7, 11) is 0. The molecule has 73 heavy (non-hydrogen) atoms. The Balaban J connectivity index is 4.38. The van der Waals surface area contributed by atoms with Crippen molar-refractivity contribution >= 4 is 17.9 Å². The SMILES string of the molecule is CC/C=C\C/C=C\C/C=C\C/C=C\CCCCC(=O)OCC(COC(=O)CCCCCCCCCCCCC/C=C\C/C=C\CCCCCCC)OC(=O)CCCCCCCCC/C=C\CCCCCCCC. The predicted octanol–water partition coefficient (Wildman–Crippen LogP) is 21.1. The summed E-state index contributed by atoms with van der Waals surface area (Å²) in [6.07, 6.45) is 80.1. The molecule has 0 aliphatic heterocycles. The summed E-state index contributed by atoms with van der Waals surface area (Å²) in [6.45, 7) is 6.50. The van der Waals surface area contributed by atoms with Crippen molar-refractivity contribution in [2.75, 3.05) is 13.2 Å². The largest absolute Gasteiger partial charge is 0.462 e. The molecule has 0 saturated carbocycles. The number of hydrogen-bond donors (Lipinski definition) is 0. The molecule has 0 aromatic rings. The van der Waals surface area contributed by atoms with E-state index >= 15 is 0 Å². The van der Waals surface area contributed by atoms with E-state index in [0.29, 0.717) is 19.3 Å². The molecule has 0 aromatic heterocycles. The Morgan fingerprint density at radius 3 is 0.877 bits per heavy atom. The third-order valence-electron chi connectivity index (χ3n) is 13.4. The van der Waals surface area contributed by atoms with Crippen molar-refractivity contribution in [3.8, 4) is 0 Å². The Labute approximate surface area is 452 Å². The molecule has 6 nitrogen and oxygen atoms in total. The van der Waals surface area contributed by atoms with Crippen molar-refractivity contribution in [3.05, 3.63) is 85.1 Å². The average Bonchev–Trinajstić information content (AvgIpc) is 3.39. The summed E-state index contributed by atoms with van der Waals surface area (Å²) in [4.78, 5) is 38.3. The van der Waals surface area contributed by atoms with Gasteiger partial charge in [-0.25, -0.2) is 0 Å². The first-order valence-corrected chi connectivity index (χ1v) is 31.1. The van der Waals surface area contributed by atoms with E-state index < -0.39 is 6.10 Å². The molecule has 0 N–H and O–H groups in total. The number of carbonyl (C=O) groups is 3. The minimum atomic E-state index is -0.798. The van der Waals surface area contributed by atoms with Crippen LogP contribution in [-0.4, -0.2) is 37.2 Å². The highest BCUT2D eigenvalue weighted by atomic mass is 16.6. The fourth-order valence-electron chi connectivity index (χ4n) is 8.69. The van der Waals surface area contributed by atoms with Crippen molar-refractivity contribution < 1.29 is 28.6 Å². The molecule has 6 heteroatoms. The molecule has 0 fully saturated rings. The number of ether oxygens (including phenoxy) is 3. The zero-order valence-electron chi connectivity index (χ0n) is 48.1. The van der Waals surface area contributed by atoms with Crippen molar-refractivity contribution in [1.82, 2.24) is 0 Å². The van der Waals surface area contributed by atoms with Gasteiger partial charge in [0.1, 0.15) is 13.2 Å². The highest BCUT2D eigenvalue weighted by Gasteiger charge is 2.19. The van der Waals surface area contributed by atoms with E-state index in [1.165, 1.54) is 173 Å². The molecule has 1 unspecified atom stereocenters. The molecule has 0 amide bonds. The summed E-state index contributed by atoms with van der Waals surface area (Å²) in [5, 5.41) is 0. The summed E-state index contributed by atoms with van der Waals surface area (Å²) in [6, 6.07) is 0. The van der Waals surface area contributed by atoms with Gasteiger partial charge in [0.2, 0.25) is 0 Å². The second-order valence-corrected chi connectivity index (χ2v) is 20.6. The minimum Gasteiger partial charge on any atom is -0.462 e. The summed E-state index contributed by atoms with van der Waals surface area (Å²) < 4.78 is 16.9. The first-order chi connectivity index (χ1) is 36.0. The van der Waals surface area contributed by atoms with Crippen molar-refractivity contribution in [3.63, 3.8) is 0 Å². The lowest BCUT2D eigenvalue weighted by Gasteiger charge is -2.18. The second-order valence-electron chi connectivity index (χ2n) is 20.6. The van der Waals surface area contributed by atoms with E-state index in [1.807, 2.05) is 0 Å². The van der Waals surface area contributed by atoms with Crippen molar-refractivity contribution in [2.24, 2.45) is 0 Å². The number of rotatable bonds is 56. The Bertz CT molecular complexity index is 1400. The van der Waals surface area contributed by atoms with Crippen LogP contribution in [0.4, 0.5) is 0 Å². The minimum absolute atomic E-state index is 0.0917. The predicted molar refractivity (Wildman–Crippen MR) is 316 cm³/mol. The lowest BCUT2D eigenvalue weighted by atomic mass is 10.0. The van der Waals surface area contributed by atoms with Crippen LogP contribution in [-0.2, 0) is 28.6 Å². The number of unbranched alkanes of at least 4 members (excludes halogenated alkanes) is 31. The maximum Gasteiger partial charge on any atom is 0.306 e. The van der Waals surface area contributed by atoms with Crippen LogP contribution in [0.25, 0.3) is 0 Å². The first-order valence-electron chi connectivity index (χ1n) is 31.1. The number of allylic oxidation sites excluding steroid dienone is 14. The quantitative estimate of drug-likeness (QED) is 0.0261. The third kappa shape index (κ3) is 59.3. The van der Waals surface area contributed by atoms with Gasteiger partial charge in [0, 0.05) is 19.3 Å². The molecule has 0 radical (unpaired) electrons. The van der Waals surface area contributed by atoms with Gasteiger partial charge in [0.25, 0.3) is 0 Å². The molecular formula is C67H116O6. The van der Waals surface area contributed by atoms with E-state index in [-0.39, 0.29) is 31.1 Å². The van der Waals surface area contributed by atoms with Gasteiger partial charge in [-0.3, -0.25) is 14.4 Å². The highest BCUT2D eigenvalue weighted by Crippen LogP contribution is 2.16. The summed E-state index contributed by atoms with van der Waals surface area (Å²) in [5.74, 6) is -0.932. The van der Waals surface area contributed by atoms with Gasteiger partial charge in [-0.05, 0) is 116 Å². The van der Waals surface area contributed by atoms with Crippen LogP contribution in [0.2, 0.25) is 0 Å². The molecular weight excluding hydrogens is 901 g/mol. The number of hydrogen-bond acceptors (Lipinski definition) is 6. The van der Waals surface area contributed by atoms with Crippen LogP contribution in [0, 0.1) is 0 Å². The fourth-order valence-corrected chi connectivity index (χ4v) is 8.69. The van der Waals surface area contributed by atoms with Crippen LogP contribution in [0.1, 0.15) is 303 Å².